The smallest absolute Gasteiger partial charge is 0.119 e. The van der Waals surface area contributed by atoms with Crippen LogP contribution >= 0.6 is 0 Å². The van der Waals surface area contributed by atoms with Gasteiger partial charge in [-0.05, 0) is 61.4 Å². The molecule has 0 amide bonds. The van der Waals surface area contributed by atoms with Crippen molar-refractivity contribution in [3.8, 4) is 5.75 Å². The molecule has 0 radical (unpaired) electrons. The summed E-state index contributed by atoms with van der Waals surface area (Å²) < 4.78 is 5.90. The van der Waals surface area contributed by atoms with Crippen LogP contribution in [0.25, 0.3) is 0 Å². The van der Waals surface area contributed by atoms with Crippen LogP contribution in [0.4, 0.5) is 0 Å². The van der Waals surface area contributed by atoms with Crippen molar-refractivity contribution in [3.63, 3.8) is 0 Å². The molecule has 1 atom stereocenters. The Bertz CT molecular complexity index is 418. The van der Waals surface area contributed by atoms with Crippen LogP contribution in [0.2, 0.25) is 0 Å². The van der Waals surface area contributed by atoms with E-state index in [0.29, 0.717) is 0 Å². The number of rotatable bonds is 4. The third-order valence-electron chi connectivity index (χ3n) is 4.51. The lowest BCUT2D eigenvalue weighted by Crippen LogP contribution is -2.29. The first-order valence-electron chi connectivity index (χ1n) is 8.41. The molecule has 1 aromatic rings. The van der Waals surface area contributed by atoms with Gasteiger partial charge in [-0.2, -0.15) is 0 Å². The van der Waals surface area contributed by atoms with Crippen LogP contribution in [-0.2, 0) is 5.41 Å². The van der Waals surface area contributed by atoms with E-state index in [1.54, 1.807) is 0 Å². The maximum absolute atomic E-state index is 5.90. The molecular weight excluding hydrogens is 258 g/mol. The summed E-state index contributed by atoms with van der Waals surface area (Å²) in [6.07, 6.45) is 4.05. The Kier molecular flexibility index (Phi) is 5.69. The van der Waals surface area contributed by atoms with Gasteiger partial charge in [-0.1, -0.05) is 39.8 Å². The molecular formula is C19H31NO. The molecule has 1 aliphatic rings. The average molecular weight is 289 g/mol. The largest absolute Gasteiger partial charge is 0.492 e. The number of ether oxygens (including phenoxy) is 1. The fraction of sp³-hybridized carbons (Fsp3) is 0.684. The van der Waals surface area contributed by atoms with E-state index in [0.717, 1.165) is 24.8 Å². The van der Waals surface area contributed by atoms with E-state index in [4.69, 9.17) is 4.74 Å². The third kappa shape index (κ3) is 5.35. The van der Waals surface area contributed by atoms with Crippen LogP contribution in [0.3, 0.4) is 0 Å². The molecule has 0 aromatic heterocycles. The van der Waals surface area contributed by atoms with Gasteiger partial charge in [0.25, 0.3) is 0 Å². The number of benzene rings is 1. The van der Waals surface area contributed by atoms with Crippen molar-refractivity contribution in [1.82, 2.24) is 4.90 Å². The zero-order valence-electron chi connectivity index (χ0n) is 14.2. The van der Waals surface area contributed by atoms with Gasteiger partial charge in [0.05, 0.1) is 0 Å². The summed E-state index contributed by atoms with van der Waals surface area (Å²) in [5.74, 6) is 1.88. The molecule has 2 nitrogen and oxygen atoms in total. The predicted molar refractivity (Wildman–Crippen MR) is 90.1 cm³/mol. The molecule has 0 saturated carbocycles. The van der Waals surface area contributed by atoms with Gasteiger partial charge in [0.2, 0.25) is 0 Å². The number of nitrogens with zero attached hydrogens (tertiary/aromatic N) is 1. The van der Waals surface area contributed by atoms with Gasteiger partial charge in [-0.15, -0.1) is 0 Å². The summed E-state index contributed by atoms with van der Waals surface area (Å²) in [6, 6.07) is 8.57. The lowest BCUT2D eigenvalue weighted by molar-refractivity contribution is 0.212. The summed E-state index contributed by atoms with van der Waals surface area (Å²) in [4.78, 5) is 2.55. The van der Waals surface area contributed by atoms with Gasteiger partial charge >= 0.3 is 0 Å². The molecule has 1 aliphatic heterocycles. The van der Waals surface area contributed by atoms with Gasteiger partial charge < -0.3 is 4.74 Å². The van der Waals surface area contributed by atoms with Crippen molar-refractivity contribution in [2.24, 2.45) is 5.92 Å². The van der Waals surface area contributed by atoms with Crippen LogP contribution in [0, 0.1) is 5.92 Å². The first kappa shape index (κ1) is 16.4. The Balaban J connectivity index is 1.75. The lowest BCUT2D eigenvalue weighted by atomic mass is 9.87. The van der Waals surface area contributed by atoms with Crippen LogP contribution < -0.4 is 4.74 Å². The summed E-state index contributed by atoms with van der Waals surface area (Å²) in [7, 11) is 0. The molecule has 2 rings (SSSR count). The molecule has 1 heterocycles. The summed E-state index contributed by atoms with van der Waals surface area (Å²) in [6.45, 7) is 13.4. The van der Waals surface area contributed by atoms with Crippen LogP contribution in [0.1, 0.15) is 52.5 Å². The molecule has 1 fully saturated rings. The highest BCUT2D eigenvalue weighted by Crippen LogP contribution is 2.24. The molecule has 1 saturated heterocycles. The van der Waals surface area contributed by atoms with Crippen LogP contribution in [0.5, 0.6) is 5.75 Å². The van der Waals surface area contributed by atoms with Crippen molar-refractivity contribution in [3.05, 3.63) is 29.8 Å². The molecule has 0 bridgehead atoms. The number of likely N-dealkylation sites (tertiary alicyclic amines) is 1. The Hall–Kier alpha value is -1.02. The zero-order valence-corrected chi connectivity index (χ0v) is 14.2. The standard InChI is InChI=1S/C19H31NO/c1-16-6-5-12-20(13-11-16)14-15-21-18-9-7-17(8-10-18)19(2,3)4/h7-10,16H,5-6,11-15H2,1-4H3. The molecule has 0 spiro atoms. The second-order valence-corrected chi connectivity index (χ2v) is 7.50. The Labute approximate surface area is 130 Å². The molecule has 0 aliphatic carbocycles. The number of hydrogen-bond acceptors (Lipinski definition) is 2. The molecule has 21 heavy (non-hydrogen) atoms. The maximum atomic E-state index is 5.90. The van der Waals surface area contributed by atoms with Crippen LogP contribution in [-0.4, -0.2) is 31.1 Å². The van der Waals surface area contributed by atoms with Crippen molar-refractivity contribution in [2.75, 3.05) is 26.2 Å². The molecule has 2 heteroatoms. The summed E-state index contributed by atoms with van der Waals surface area (Å²) >= 11 is 0. The van der Waals surface area contributed by atoms with Crippen molar-refractivity contribution >= 4 is 0 Å². The minimum Gasteiger partial charge on any atom is -0.492 e. The summed E-state index contributed by atoms with van der Waals surface area (Å²) in [5.41, 5.74) is 1.57. The van der Waals surface area contributed by atoms with E-state index in [2.05, 4.69) is 56.9 Å². The van der Waals surface area contributed by atoms with Crippen molar-refractivity contribution in [1.29, 1.82) is 0 Å². The highest BCUT2D eigenvalue weighted by molar-refractivity contribution is 5.31. The van der Waals surface area contributed by atoms with Gasteiger partial charge in [0.1, 0.15) is 12.4 Å². The van der Waals surface area contributed by atoms with Gasteiger partial charge in [0.15, 0.2) is 0 Å². The Morgan fingerprint density at radius 1 is 1.10 bits per heavy atom. The van der Waals surface area contributed by atoms with E-state index in [1.807, 2.05) is 0 Å². The SMILES string of the molecule is CC1CCCN(CCOc2ccc(C(C)(C)C)cc2)CC1. The maximum Gasteiger partial charge on any atom is 0.119 e. The van der Waals surface area contributed by atoms with Gasteiger partial charge in [-0.3, -0.25) is 4.90 Å². The Morgan fingerprint density at radius 2 is 1.81 bits per heavy atom. The second-order valence-electron chi connectivity index (χ2n) is 7.50. The fourth-order valence-corrected chi connectivity index (χ4v) is 2.89. The van der Waals surface area contributed by atoms with E-state index in [1.165, 1.54) is 37.9 Å². The molecule has 0 N–H and O–H groups in total. The quantitative estimate of drug-likeness (QED) is 0.810. The van der Waals surface area contributed by atoms with E-state index in [-0.39, 0.29) is 5.41 Å². The highest BCUT2D eigenvalue weighted by Gasteiger charge is 2.14. The topological polar surface area (TPSA) is 12.5 Å². The molecule has 1 aromatic carbocycles. The predicted octanol–water partition coefficient (Wildman–Crippen LogP) is 4.48. The normalized spacial score (nSPS) is 21.0. The average Bonchev–Trinajstić information content (AvgIpc) is 2.63. The van der Waals surface area contributed by atoms with E-state index < -0.39 is 0 Å². The highest BCUT2D eigenvalue weighted by atomic mass is 16.5. The molecule has 1 unspecified atom stereocenters. The van der Waals surface area contributed by atoms with Gasteiger partial charge in [0, 0.05) is 6.54 Å². The first-order chi connectivity index (χ1) is 9.95. The van der Waals surface area contributed by atoms with E-state index >= 15 is 0 Å². The van der Waals surface area contributed by atoms with Crippen molar-refractivity contribution in [2.45, 2.75) is 52.4 Å². The monoisotopic (exact) mass is 289 g/mol. The second kappa shape index (κ2) is 7.31. The van der Waals surface area contributed by atoms with E-state index in [9.17, 15) is 0 Å². The zero-order chi connectivity index (χ0) is 15.3. The Morgan fingerprint density at radius 3 is 2.48 bits per heavy atom. The minimum absolute atomic E-state index is 0.210. The third-order valence-corrected chi connectivity index (χ3v) is 4.51. The van der Waals surface area contributed by atoms with Crippen molar-refractivity contribution < 1.29 is 4.74 Å². The molecule has 118 valence electrons. The fourth-order valence-electron chi connectivity index (χ4n) is 2.89. The minimum atomic E-state index is 0.210. The first-order valence-corrected chi connectivity index (χ1v) is 8.41. The lowest BCUT2D eigenvalue weighted by Gasteiger charge is -2.21. The number of hydrogen-bond donors (Lipinski definition) is 0. The van der Waals surface area contributed by atoms with Crippen LogP contribution in [0.15, 0.2) is 24.3 Å². The van der Waals surface area contributed by atoms with Gasteiger partial charge in [-0.25, -0.2) is 0 Å². The summed E-state index contributed by atoms with van der Waals surface area (Å²) in [5, 5.41) is 0.